The van der Waals surface area contributed by atoms with Crippen molar-refractivity contribution in [2.24, 2.45) is 11.7 Å². The van der Waals surface area contributed by atoms with E-state index in [0.717, 1.165) is 18.7 Å². The molecule has 0 aliphatic rings. The minimum Gasteiger partial charge on any atom is -0.320 e. The fraction of sp³-hybridized carbons (Fsp3) is 0.579. The molecule has 0 heterocycles. The fourth-order valence-electron chi connectivity index (χ4n) is 2.70. The molecular weight excluding hydrogens is 256 g/mol. The summed E-state index contributed by atoms with van der Waals surface area (Å²) in [6, 6.07) is 9.24. The molecule has 0 amide bonds. The lowest BCUT2D eigenvalue weighted by Crippen LogP contribution is -2.36. The number of nitrogens with two attached hydrogens (primary N) is 1. The number of hydrogen-bond donors (Lipinski definition) is 1. The van der Waals surface area contributed by atoms with E-state index >= 15 is 0 Å². The van der Waals surface area contributed by atoms with Crippen LogP contribution in [0.5, 0.6) is 0 Å². The normalized spacial score (nSPS) is 11.0. The van der Waals surface area contributed by atoms with E-state index in [9.17, 15) is 0 Å². The SMILES string of the molecule is CCC(CC)N(Cc1ccc(C#CCN)cc1)CC(C)C. The molecule has 0 aliphatic carbocycles. The van der Waals surface area contributed by atoms with Crippen molar-refractivity contribution in [2.45, 2.75) is 53.1 Å². The monoisotopic (exact) mass is 286 g/mol. The van der Waals surface area contributed by atoms with Crippen LogP contribution >= 0.6 is 0 Å². The Morgan fingerprint density at radius 1 is 1.10 bits per heavy atom. The Balaban J connectivity index is 2.77. The summed E-state index contributed by atoms with van der Waals surface area (Å²) in [6.45, 7) is 11.7. The second-order valence-corrected chi connectivity index (χ2v) is 6.00. The standard InChI is InChI=1S/C19H30N2/c1-5-19(6-2)21(14-16(3)4)15-18-11-9-17(10-12-18)8-7-13-20/h9-12,16,19H,5-6,13-15,20H2,1-4H3. The van der Waals surface area contributed by atoms with Crippen molar-refractivity contribution < 1.29 is 0 Å². The first-order chi connectivity index (χ1) is 10.1. The first-order valence-corrected chi connectivity index (χ1v) is 8.12. The zero-order valence-corrected chi connectivity index (χ0v) is 14.0. The predicted molar refractivity (Wildman–Crippen MR) is 92.0 cm³/mol. The zero-order chi connectivity index (χ0) is 15.7. The smallest absolute Gasteiger partial charge is 0.0555 e. The van der Waals surface area contributed by atoms with E-state index in [4.69, 9.17) is 5.73 Å². The van der Waals surface area contributed by atoms with Crippen molar-refractivity contribution in [2.75, 3.05) is 13.1 Å². The van der Waals surface area contributed by atoms with Crippen LogP contribution in [0.25, 0.3) is 0 Å². The molecule has 1 rings (SSSR count). The van der Waals surface area contributed by atoms with Gasteiger partial charge in [0.05, 0.1) is 6.54 Å². The van der Waals surface area contributed by atoms with Gasteiger partial charge in [0, 0.05) is 24.7 Å². The average molecular weight is 286 g/mol. The van der Waals surface area contributed by atoms with Crippen LogP contribution < -0.4 is 5.73 Å². The van der Waals surface area contributed by atoms with E-state index < -0.39 is 0 Å². The first kappa shape index (κ1) is 17.8. The molecule has 21 heavy (non-hydrogen) atoms. The topological polar surface area (TPSA) is 29.3 Å². The average Bonchev–Trinajstić information content (AvgIpc) is 2.47. The maximum atomic E-state index is 5.40. The molecule has 0 spiro atoms. The number of rotatable bonds is 7. The number of benzene rings is 1. The van der Waals surface area contributed by atoms with Crippen molar-refractivity contribution in [1.29, 1.82) is 0 Å². The molecule has 0 aromatic heterocycles. The van der Waals surface area contributed by atoms with Gasteiger partial charge in [0.1, 0.15) is 0 Å². The van der Waals surface area contributed by atoms with Crippen LogP contribution in [0.3, 0.4) is 0 Å². The Labute approximate surface area is 130 Å². The summed E-state index contributed by atoms with van der Waals surface area (Å²) in [5.74, 6) is 6.66. The molecule has 0 aliphatic heterocycles. The Morgan fingerprint density at radius 3 is 2.19 bits per heavy atom. The van der Waals surface area contributed by atoms with Crippen molar-refractivity contribution in [3.05, 3.63) is 35.4 Å². The van der Waals surface area contributed by atoms with Crippen molar-refractivity contribution in [1.82, 2.24) is 4.90 Å². The molecule has 0 saturated heterocycles. The van der Waals surface area contributed by atoms with Gasteiger partial charge in [0.15, 0.2) is 0 Å². The fourth-order valence-corrected chi connectivity index (χ4v) is 2.70. The summed E-state index contributed by atoms with van der Waals surface area (Å²) >= 11 is 0. The number of hydrogen-bond acceptors (Lipinski definition) is 2. The van der Waals surface area contributed by atoms with Gasteiger partial charge in [-0.15, -0.1) is 0 Å². The van der Waals surface area contributed by atoms with Gasteiger partial charge < -0.3 is 5.73 Å². The van der Waals surface area contributed by atoms with Crippen LogP contribution in [0.1, 0.15) is 51.7 Å². The van der Waals surface area contributed by atoms with Gasteiger partial charge in [-0.05, 0) is 36.5 Å². The summed E-state index contributed by atoms with van der Waals surface area (Å²) in [6.07, 6.45) is 2.42. The lowest BCUT2D eigenvalue weighted by Gasteiger charge is -2.32. The lowest BCUT2D eigenvalue weighted by molar-refractivity contribution is 0.157. The highest BCUT2D eigenvalue weighted by Crippen LogP contribution is 2.16. The third-order valence-corrected chi connectivity index (χ3v) is 3.73. The zero-order valence-electron chi connectivity index (χ0n) is 14.0. The van der Waals surface area contributed by atoms with Gasteiger partial charge in [-0.25, -0.2) is 0 Å². The van der Waals surface area contributed by atoms with Gasteiger partial charge in [-0.3, -0.25) is 4.90 Å². The van der Waals surface area contributed by atoms with Gasteiger partial charge in [0.25, 0.3) is 0 Å². The maximum Gasteiger partial charge on any atom is 0.0555 e. The Hall–Kier alpha value is -1.30. The highest BCUT2D eigenvalue weighted by Gasteiger charge is 2.16. The summed E-state index contributed by atoms with van der Waals surface area (Å²) in [5, 5.41) is 0. The Bertz CT molecular complexity index is 447. The van der Waals surface area contributed by atoms with Crippen LogP contribution in [0.4, 0.5) is 0 Å². The number of nitrogens with zero attached hydrogens (tertiary/aromatic N) is 1. The highest BCUT2D eigenvalue weighted by atomic mass is 15.2. The lowest BCUT2D eigenvalue weighted by atomic mass is 10.1. The molecule has 1 aromatic carbocycles. The first-order valence-electron chi connectivity index (χ1n) is 8.12. The van der Waals surface area contributed by atoms with Crippen LogP contribution in [-0.2, 0) is 6.54 Å². The Kier molecular flexibility index (Phi) is 8.12. The third kappa shape index (κ3) is 6.33. The van der Waals surface area contributed by atoms with Gasteiger partial charge in [-0.1, -0.05) is 51.7 Å². The molecule has 2 nitrogen and oxygen atoms in total. The summed E-state index contributed by atoms with van der Waals surface area (Å²) in [7, 11) is 0. The van der Waals surface area contributed by atoms with Crippen molar-refractivity contribution in [3.8, 4) is 11.8 Å². The quantitative estimate of drug-likeness (QED) is 0.775. The molecule has 2 N–H and O–H groups in total. The molecule has 0 radical (unpaired) electrons. The van der Waals surface area contributed by atoms with E-state index in [1.807, 2.05) is 0 Å². The van der Waals surface area contributed by atoms with E-state index in [1.54, 1.807) is 0 Å². The van der Waals surface area contributed by atoms with E-state index in [2.05, 4.69) is 68.7 Å². The van der Waals surface area contributed by atoms with E-state index in [-0.39, 0.29) is 0 Å². The molecule has 1 aromatic rings. The third-order valence-electron chi connectivity index (χ3n) is 3.73. The van der Waals surface area contributed by atoms with Crippen LogP contribution in [0.2, 0.25) is 0 Å². The van der Waals surface area contributed by atoms with E-state index in [1.165, 1.54) is 18.4 Å². The van der Waals surface area contributed by atoms with Gasteiger partial charge in [0.2, 0.25) is 0 Å². The van der Waals surface area contributed by atoms with Gasteiger partial charge in [-0.2, -0.15) is 0 Å². The minimum absolute atomic E-state index is 0.415. The largest absolute Gasteiger partial charge is 0.320 e. The van der Waals surface area contributed by atoms with Crippen molar-refractivity contribution in [3.63, 3.8) is 0 Å². The van der Waals surface area contributed by atoms with Crippen LogP contribution in [0.15, 0.2) is 24.3 Å². The second kappa shape index (κ2) is 9.60. The molecular formula is C19H30N2. The summed E-state index contributed by atoms with van der Waals surface area (Å²) in [5.41, 5.74) is 7.81. The molecule has 0 unspecified atom stereocenters. The van der Waals surface area contributed by atoms with Crippen LogP contribution in [0, 0.1) is 17.8 Å². The molecule has 0 atom stereocenters. The van der Waals surface area contributed by atoms with Crippen molar-refractivity contribution >= 4 is 0 Å². The van der Waals surface area contributed by atoms with Crippen LogP contribution in [-0.4, -0.2) is 24.0 Å². The second-order valence-electron chi connectivity index (χ2n) is 6.00. The maximum absolute atomic E-state index is 5.40. The molecule has 0 bridgehead atoms. The molecule has 0 fully saturated rings. The Morgan fingerprint density at radius 2 is 1.71 bits per heavy atom. The van der Waals surface area contributed by atoms with Gasteiger partial charge >= 0.3 is 0 Å². The predicted octanol–water partition coefficient (Wildman–Crippen LogP) is 3.64. The molecule has 2 heteroatoms. The summed E-state index contributed by atoms with van der Waals surface area (Å²) < 4.78 is 0. The van der Waals surface area contributed by atoms with E-state index in [0.29, 0.717) is 18.5 Å². The highest BCUT2D eigenvalue weighted by molar-refractivity contribution is 5.36. The molecule has 0 saturated carbocycles. The summed E-state index contributed by atoms with van der Waals surface area (Å²) in [4.78, 5) is 2.62. The molecule has 116 valence electrons. The minimum atomic E-state index is 0.415.